The van der Waals surface area contributed by atoms with Crippen LogP contribution in [0.15, 0.2) is 30.3 Å². The Balaban J connectivity index is 2.49. The van der Waals surface area contributed by atoms with Gasteiger partial charge in [-0.1, -0.05) is 6.07 Å². The van der Waals surface area contributed by atoms with Gasteiger partial charge in [0.05, 0.1) is 12.2 Å². The topological polar surface area (TPSA) is 20.2 Å². The van der Waals surface area contributed by atoms with Gasteiger partial charge in [0.2, 0.25) is 0 Å². The van der Waals surface area contributed by atoms with E-state index in [1.165, 1.54) is 17.4 Å². The summed E-state index contributed by atoms with van der Waals surface area (Å²) < 4.78 is 38.0. The molecule has 1 aromatic heterocycles. The average Bonchev–Trinajstić information content (AvgIpc) is 2.76. The molecule has 0 aliphatic carbocycles. The predicted octanol–water partition coefficient (Wildman–Crippen LogP) is 4.23. The molecule has 0 atom stereocenters. The zero-order valence-corrected chi connectivity index (χ0v) is 10.4. The normalized spacial score (nSPS) is 11.8. The Labute approximate surface area is 107 Å². The minimum Gasteiger partial charge on any atom is -0.391 e. The molecule has 0 aliphatic rings. The third-order valence-electron chi connectivity index (χ3n) is 2.65. The summed E-state index contributed by atoms with van der Waals surface area (Å²) in [4.78, 5) is 1.48. The van der Waals surface area contributed by atoms with Crippen LogP contribution in [0.5, 0.6) is 0 Å². The maximum atomic E-state index is 12.7. The highest BCUT2D eigenvalue weighted by atomic mass is 32.1. The summed E-state index contributed by atoms with van der Waals surface area (Å²) in [6.07, 6.45) is -4.33. The highest BCUT2D eigenvalue weighted by Gasteiger charge is 2.30. The second-order valence-corrected chi connectivity index (χ2v) is 5.12. The molecule has 1 N–H and O–H groups in total. The van der Waals surface area contributed by atoms with E-state index >= 15 is 0 Å². The van der Waals surface area contributed by atoms with Gasteiger partial charge < -0.3 is 5.11 Å². The minimum atomic E-state index is -4.33. The van der Waals surface area contributed by atoms with Crippen LogP contribution < -0.4 is 0 Å². The summed E-state index contributed by atoms with van der Waals surface area (Å²) in [7, 11) is 0. The van der Waals surface area contributed by atoms with Gasteiger partial charge in [0.15, 0.2) is 0 Å². The van der Waals surface area contributed by atoms with Crippen LogP contribution in [0.2, 0.25) is 0 Å². The maximum absolute atomic E-state index is 12.7. The van der Waals surface area contributed by atoms with E-state index in [1.54, 1.807) is 19.1 Å². The average molecular weight is 272 g/mol. The monoisotopic (exact) mass is 272 g/mol. The number of aliphatic hydroxyl groups is 1. The van der Waals surface area contributed by atoms with Gasteiger partial charge >= 0.3 is 6.18 Å². The third-order valence-corrected chi connectivity index (χ3v) is 3.75. The molecular formula is C13H11F3OS. The molecule has 0 unspecified atom stereocenters. The number of alkyl halides is 3. The van der Waals surface area contributed by atoms with E-state index in [0.717, 1.165) is 27.5 Å². The molecule has 18 heavy (non-hydrogen) atoms. The summed E-state index contributed by atoms with van der Waals surface area (Å²) in [5, 5.41) is 8.98. The number of benzene rings is 1. The fraction of sp³-hybridized carbons (Fsp3) is 0.231. The van der Waals surface area contributed by atoms with Gasteiger partial charge in [-0.05, 0) is 42.3 Å². The Kier molecular flexibility index (Phi) is 3.45. The molecule has 5 heteroatoms. The molecule has 1 heterocycles. The lowest BCUT2D eigenvalue weighted by Gasteiger charge is -2.10. The summed E-state index contributed by atoms with van der Waals surface area (Å²) >= 11 is 1.30. The lowest BCUT2D eigenvalue weighted by atomic mass is 10.0. The first-order chi connectivity index (χ1) is 8.41. The second kappa shape index (κ2) is 4.74. The van der Waals surface area contributed by atoms with E-state index in [0.29, 0.717) is 5.56 Å². The maximum Gasteiger partial charge on any atom is 0.416 e. The molecule has 0 saturated carbocycles. The van der Waals surface area contributed by atoms with E-state index in [9.17, 15) is 13.2 Å². The number of aryl methyl sites for hydroxylation is 1. The summed E-state index contributed by atoms with van der Waals surface area (Å²) in [5.41, 5.74) is 0.700. The van der Waals surface area contributed by atoms with Crippen molar-refractivity contribution in [2.24, 2.45) is 0 Å². The summed E-state index contributed by atoms with van der Waals surface area (Å²) in [6.45, 7) is 1.68. The van der Waals surface area contributed by atoms with Crippen LogP contribution in [0, 0.1) is 6.92 Å². The van der Waals surface area contributed by atoms with Gasteiger partial charge in [-0.15, -0.1) is 11.3 Å². The van der Waals surface area contributed by atoms with Gasteiger partial charge in [-0.2, -0.15) is 13.2 Å². The molecule has 0 radical (unpaired) electrons. The van der Waals surface area contributed by atoms with Crippen molar-refractivity contribution < 1.29 is 18.3 Å². The number of aliphatic hydroxyl groups excluding tert-OH is 1. The second-order valence-electron chi connectivity index (χ2n) is 3.95. The first-order valence-electron chi connectivity index (χ1n) is 5.29. The van der Waals surface area contributed by atoms with Crippen LogP contribution in [-0.4, -0.2) is 5.11 Å². The first-order valence-corrected chi connectivity index (χ1v) is 6.11. The zero-order chi connectivity index (χ0) is 13.3. The molecule has 2 aromatic rings. The van der Waals surface area contributed by atoms with Gasteiger partial charge in [0, 0.05) is 9.75 Å². The molecule has 1 nitrogen and oxygen atoms in total. The fourth-order valence-corrected chi connectivity index (χ4v) is 2.62. The Morgan fingerprint density at radius 2 is 1.89 bits per heavy atom. The molecule has 0 fully saturated rings. The van der Waals surface area contributed by atoms with Crippen LogP contribution >= 0.6 is 11.3 Å². The number of thiophene rings is 1. The molecular weight excluding hydrogens is 261 g/mol. The van der Waals surface area contributed by atoms with Crippen molar-refractivity contribution in [1.82, 2.24) is 0 Å². The number of hydrogen-bond donors (Lipinski definition) is 1. The van der Waals surface area contributed by atoms with Crippen LogP contribution in [0.25, 0.3) is 10.4 Å². The molecule has 2 rings (SSSR count). The largest absolute Gasteiger partial charge is 0.416 e. The molecule has 0 bridgehead atoms. The molecule has 0 spiro atoms. The van der Waals surface area contributed by atoms with Gasteiger partial charge in [-0.3, -0.25) is 0 Å². The zero-order valence-electron chi connectivity index (χ0n) is 9.58. The van der Waals surface area contributed by atoms with Crippen LogP contribution in [0.1, 0.15) is 16.0 Å². The highest BCUT2D eigenvalue weighted by molar-refractivity contribution is 7.15. The molecule has 96 valence electrons. The number of halogens is 3. The van der Waals surface area contributed by atoms with Crippen molar-refractivity contribution in [1.29, 1.82) is 0 Å². The van der Waals surface area contributed by atoms with E-state index in [1.807, 2.05) is 0 Å². The van der Waals surface area contributed by atoms with E-state index in [4.69, 9.17) is 5.11 Å². The van der Waals surface area contributed by atoms with Crippen molar-refractivity contribution in [3.63, 3.8) is 0 Å². The van der Waals surface area contributed by atoms with Crippen molar-refractivity contribution >= 4 is 11.3 Å². The lowest BCUT2D eigenvalue weighted by Crippen LogP contribution is -2.05. The van der Waals surface area contributed by atoms with Crippen molar-refractivity contribution in [2.45, 2.75) is 19.7 Å². The number of rotatable bonds is 2. The highest BCUT2D eigenvalue weighted by Crippen LogP contribution is 2.36. The quantitative estimate of drug-likeness (QED) is 0.867. The molecule has 0 amide bonds. The molecule has 0 saturated heterocycles. The van der Waals surface area contributed by atoms with Crippen molar-refractivity contribution in [3.05, 3.63) is 46.3 Å². The third kappa shape index (κ3) is 2.57. The SMILES string of the molecule is Cc1ccc(C(F)(F)F)cc1-c1ccc(CO)s1. The first kappa shape index (κ1) is 13.1. The van der Waals surface area contributed by atoms with Gasteiger partial charge in [0.1, 0.15) is 0 Å². The standard InChI is InChI=1S/C13H11F3OS/c1-8-2-3-9(13(14,15)16)6-11(8)12-5-4-10(7-17)18-12/h2-6,17H,7H2,1H3. The van der Waals surface area contributed by atoms with Crippen molar-refractivity contribution in [2.75, 3.05) is 0 Å². The van der Waals surface area contributed by atoms with E-state index < -0.39 is 11.7 Å². The van der Waals surface area contributed by atoms with Crippen molar-refractivity contribution in [3.8, 4) is 10.4 Å². The summed E-state index contributed by atoms with van der Waals surface area (Å²) in [5.74, 6) is 0. The minimum absolute atomic E-state index is 0.0946. The van der Waals surface area contributed by atoms with Crippen LogP contribution in [0.4, 0.5) is 13.2 Å². The Bertz CT molecular complexity index is 558. The van der Waals surface area contributed by atoms with Crippen LogP contribution in [0.3, 0.4) is 0 Å². The molecule has 0 aliphatic heterocycles. The molecule has 1 aromatic carbocycles. The lowest BCUT2D eigenvalue weighted by molar-refractivity contribution is -0.137. The Morgan fingerprint density at radius 3 is 2.44 bits per heavy atom. The van der Waals surface area contributed by atoms with Gasteiger partial charge in [-0.25, -0.2) is 0 Å². The van der Waals surface area contributed by atoms with E-state index in [-0.39, 0.29) is 6.61 Å². The van der Waals surface area contributed by atoms with E-state index in [2.05, 4.69) is 0 Å². The Morgan fingerprint density at radius 1 is 1.17 bits per heavy atom. The smallest absolute Gasteiger partial charge is 0.391 e. The Hall–Kier alpha value is -1.33. The predicted molar refractivity (Wildman–Crippen MR) is 65.4 cm³/mol. The fourth-order valence-electron chi connectivity index (χ4n) is 1.67. The van der Waals surface area contributed by atoms with Gasteiger partial charge in [0.25, 0.3) is 0 Å². The van der Waals surface area contributed by atoms with Crippen LogP contribution in [-0.2, 0) is 12.8 Å². The summed E-state index contributed by atoms with van der Waals surface area (Å²) in [6, 6.07) is 7.16. The number of hydrogen-bond acceptors (Lipinski definition) is 2.